The molecule has 2 saturated carbocycles. The Balaban J connectivity index is 1.57. The quantitative estimate of drug-likeness (QED) is 0.610. The van der Waals surface area contributed by atoms with Gasteiger partial charge in [-0.2, -0.15) is 0 Å². The summed E-state index contributed by atoms with van der Waals surface area (Å²) >= 11 is 0. The van der Waals surface area contributed by atoms with Gasteiger partial charge in [-0.15, -0.1) is 0 Å². The molecule has 0 amide bonds. The van der Waals surface area contributed by atoms with Crippen LogP contribution in [0.3, 0.4) is 0 Å². The van der Waals surface area contributed by atoms with E-state index in [1.165, 1.54) is 77.0 Å². The first-order valence-corrected chi connectivity index (χ1v) is 8.84. The Morgan fingerprint density at radius 3 is 1.53 bits per heavy atom. The first-order chi connectivity index (χ1) is 9.31. The van der Waals surface area contributed by atoms with Crippen LogP contribution in [0, 0.1) is 17.8 Å². The van der Waals surface area contributed by atoms with Gasteiger partial charge in [0.1, 0.15) is 0 Å². The predicted octanol–water partition coefficient (Wildman–Crippen LogP) is 5.58. The lowest BCUT2D eigenvalue weighted by atomic mass is 9.76. The fourth-order valence-corrected chi connectivity index (χ4v) is 4.34. The molecule has 1 heteroatoms. The van der Waals surface area contributed by atoms with Crippen LogP contribution in [0.2, 0.25) is 0 Å². The number of hydrogen-bond donors (Lipinski definition) is 0. The topological polar surface area (TPSA) is 9.23 Å². The van der Waals surface area contributed by atoms with Gasteiger partial charge in [-0.25, -0.2) is 0 Å². The zero-order chi connectivity index (χ0) is 13.5. The lowest BCUT2D eigenvalue weighted by Gasteiger charge is -2.31. The van der Waals surface area contributed by atoms with Crippen molar-refractivity contribution in [2.24, 2.45) is 17.8 Å². The summed E-state index contributed by atoms with van der Waals surface area (Å²) in [4.78, 5) is 0. The highest BCUT2D eigenvalue weighted by atomic mass is 16.5. The van der Waals surface area contributed by atoms with Crippen LogP contribution >= 0.6 is 0 Å². The number of ether oxygens (including phenoxy) is 1. The van der Waals surface area contributed by atoms with Gasteiger partial charge >= 0.3 is 0 Å². The third-order valence-electron chi connectivity index (χ3n) is 5.77. The maximum absolute atomic E-state index is 5.47. The summed E-state index contributed by atoms with van der Waals surface area (Å²) in [7, 11) is 1.87. The summed E-state index contributed by atoms with van der Waals surface area (Å²) < 4.78 is 5.47. The number of rotatable bonds is 6. The first-order valence-electron chi connectivity index (χ1n) is 8.84. The minimum atomic E-state index is 0.570. The number of hydrogen-bond acceptors (Lipinski definition) is 1. The van der Waals surface area contributed by atoms with Gasteiger partial charge in [-0.3, -0.25) is 0 Å². The molecule has 0 unspecified atom stereocenters. The Hall–Kier alpha value is -0.0400. The van der Waals surface area contributed by atoms with E-state index in [1.54, 1.807) is 0 Å². The maximum atomic E-state index is 5.47. The zero-order valence-electron chi connectivity index (χ0n) is 13.2. The Morgan fingerprint density at radius 2 is 1.11 bits per heavy atom. The van der Waals surface area contributed by atoms with E-state index in [2.05, 4.69) is 6.92 Å². The van der Waals surface area contributed by atoms with E-state index in [9.17, 15) is 0 Å². The molecule has 2 rings (SSSR count). The Morgan fingerprint density at radius 1 is 0.684 bits per heavy atom. The predicted molar refractivity (Wildman–Crippen MR) is 82.3 cm³/mol. The van der Waals surface area contributed by atoms with Crippen molar-refractivity contribution < 1.29 is 4.74 Å². The van der Waals surface area contributed by atoms with Gasteiger partial charge in [0.15, 0.2) is 0 Å². The molecule has 112 valence electrons. The van der Waals surface area contributed by atoms with Gasteiger partial charge in [0.05, 0.1) is 6.10 Å². The van der Waals surface area contributed by atoms with Crippen LogP contribution < -0.4 is 0 Å². The van der Waals surface area contributed by atoms with E-state index in [0.717, 1.165) is 17.8 Å². The summed E-state index contributed by atoms with van der Waals surface area (Å²) in [6, 6.07) is 0. The molecule has 0 aromatic carbocycles. The van der Waals surface area contributed by atoms with Crippen molar-refractivity contribution in [3.05, 3.63) is 0 Å². The van der Waals surface area contributed by atoms with E-state index in [1.807, 2.05) is 7.11 Å². The highest BCUT2D eigenvalue weighted by molar-refractivity contribution is 4.76. The van der Waals surface area contributed by atoms with Crippen LogP contribution in [0.5, 0.6) is 0 Å². The lowest BCUT2D eigenvalue weighted by Crippen LogP contribution is -2.21. The molecule has 0 heterocycles. The average molecular weight is 266 g/mol. The highest BCUT2D eigenvalue weighted by Gasteiger charge is 2.24. The van der Waals surface area contributed by atoms with Crippen LogP contribution in [-0.2, 0) is 4.74 Å². The highest BCUT2D eigenvalue weighted by Crippen LogP contribution is 2.36. The Labute approximate surface area is 120 Å². The van der Waals surface area contributed by atoms with Gasteiger partial charge in [0.2, 0.25) is 0 Å². The maximum Gasteiger partial charge on any atom is 0.0571 e. The fraction of sp³-hybridized carbons (Fsp3) is 1.00. The van der Waals surface area contributed by atoms with Gasteiger partial charge in [0.25, 0.3) is 0 Å². The molecule has 0 saturated heterocycles. The molecule has 2 aliphatic rings. The normalized spacial score (nSPS) is 36.3. The Kier molecular flexibility index (Phi) is 6.70. The first kappa shape index (κ1) is 15.4. The van der Waals surface area contributed by atoms with Gasteiger partial charge in [-0.05, 0) is 43.4 Å². The van der Waals surface area contributed by atoms with Crippen LogP contribution in [0.4, 0.5) is 0 Å². The average Bonchev–Trinajstić information content (AvgIpc) is 2.47. The molecule has 0 aliphatic heterocycles. The van der Waals surface area contributed by atoms with Crippen molar-refractivity contribution in [3.8, 4) is 0 Å². The van der Waals surface area contributed by atoms with Crippen LogP contribution in [0.1, 0.15) is 84.0 Å². The van der Waals surface area contributed by atoms with Gasteiger partial charge in [0, 0.05) is 7.11 Å². The third-order valence-corrected chi connectivity index (χ3v) is 5.77. The molecule has 0 spiro atoms. The van der Waals surface area contributed by atoms with Crippen molar-refractivity contribution in [2.45, 2.75) is 90.1 Å². The second-order valence-electron chi connectivity index (χ2n) is 7.13. The summed E-state index contributed by atoms with van der Waals surface area (Å²) in [6.45, 7) is 2.34. The largest absolute Gasteiger partial charge is 0.381 e. The second-order valence-corrected chi connectivity index (χ2v) is 7.13. The van der Waals surface area contributed by atoms with Crippen molar-refractivity contribution in [2.75, 3.05) is 7.11 Å². The zero-order valence-corrected chi connectivity index (χ0v) is 13.2. The summed E-state index contributed by atoms with van der Waals surface area (Å²) in [6.07, 6.45) is 18.0. The van der Waals surface area contributed by atoms with E-state index in [-0.39, 0.29) is 0 Å². The van der Waals surface area contributed by atoms with Crippen LogP contribution in [0.25, 0.3) is 0 Å². The van der Waals surface area contributed by atoms with Gasteiger partial charge in [-0.1, -0.05) is 58.3 Å². The minimum Gasteiger partial charge on any atom is -0.381 e. The number of methoxy groups -OCH3 is 1. The van der Waals surface area contributed by atoms with E-state index >= 15 is 0 Å². The van der Waals surface area contributed by atoms with Crippen LogP contribution in [-0.4, -0.2) is 13.2 Å². The SMILES string of the molecule is CCCC1CCC(CCC2CCC(OC)CC2)CC1. The van der Waals surface area contributed by atoms with E-state index in [0.29, 0.717) is 6.10 Å². The molecule has 2 fully saturated rings. The van der Waals surface area contributed by atoms with Gasteiger partial charge < -0.3 is 4.74 Å². The Bertz CT molecular complexity index is 222. The minimum absolute atomic E-state index is 0.570. The van der Waals surface area contributed by atoms with Crippen molar-refractivity contribution in [1.82, 2.24) is 0 Å². The van der Waals surface area contributed by atoms with Crippen LogP contribution in [0.15, 0.2) is 0 Å². The molecule has 0 aromatic heterocycles. The second kappa shape index (κ2) is 8.29. The smallest absolute Gasteiger partial charge is 0.0571 e. The third kappa shape index (κ3) is 5.10. The molecule has 0 atom stereocenters. The van der Waals surface area contributed by atoms with E-state index < -0.39 is 0 Å². The summed E-state index contributed by atoms with van der Waals surface area (Å²) in [5.74, 6) is 3.14. The van der Waals surface area contributed by atoms with Crippen molar-refractivity contribution in [1.29, 1.82) is 0 Å². The molecular formula is C18H34O. The van der Waals surface area contributed by atoms with E-state index in [4.69, 9.17) is 4.74 Å². The summed E-state index contributed by atoms with van der Waals surface area (Å²) in [5, 5.41) is 0. The standard InChI is InChI=1S/C18H34O/c1-3-4-15-5-7-16(8-6-15)9-10-17-11-13-18(19-2)14-12-17/h15-18H,3-14H2,1-2H3. The fourth-order valence-electron chi connectivity index (χ4n) is 4.34. The molecule has 1 nitrogen and oxygen atoms in total. The molecule has 0 radical (unpaired) electrons. The molecule has 0 N–H and O–H groups in total. The molecule has 2 aliphatic carbocycles. The van der Waals surface area contributed by atoms with Crippen molar-refractivity contribution in [3.63, 3.8) is 0 Å². The molecule has 0 aromatic rings. The summed E-state index contributed by atoms with van der Waals surface area (Å²) in [5.41, 5.74) is 0. The molecular weight excluding hydrogens is 232 g/mol. The molecule has 0 bridgehead atoms. The molecule has 19 heavy (non-hydrogen) atoms. The lowest BCUT2D eigenvalue weighted by molar-refractivity contribution is 0.0540. The van der Waals surface area contributed by atoms with Crippen molar-refractivity contribution >= 4 is 0 Å². The monoisotopic (exact) mass is 266 g/mol.